The van der Waals surface area contributed by atoms with Crippen LogP contribution in [-0.4, -0.2) is 53.3 Å². The monoisotopic (exact) mass is 355 g/mol. The predicted molar refractivity (Wildman–Crippen MR) is 103 cm³/mol. The van der Waals surface area contributed by atoms with Crippen LogP contribution in [0.15, 0.2) is 42.6 Å². The molecule has 2 atom stereocenters. The molecule has 6 heteroatoms. The van der Waals surface area contributed by atoms with Crippen molar-refractivity contribution in [1.82, 2.24) is 25.3 Å². The molecule has 26 heavy (non-hydrogen) atoms. The molecule has 0 saturated carbocycles. The first-order valence-electron chi connectivity index (χ1n) is 9.41. The number of likely N-dealkylation sites (N-methyl/N-ethyl adjacent to an activating group) is 1. The van der Waals surface area contributed by atoms with Gasteiger partial charge >= 0.3 is 0 Å². The van der Waals surface area contributed by atoms with Crippen LogP contribution in [0.3, 0.4) is 0 Å². The summed E-state index contributed by atoms with van der Waals surface area (Å²) in [5.41, 5.74) is 1.77. The summed E-state index contributed by atoms with van der Waals surface area (Å²) < 4.78 is 1.92. The van der Waals surface area contributed by atoms with E-state index in [1.165, 1.54) is 5.56 Å². The summed E-state index contributed by atoms with van der Waals surface area (Å²) in [7, 11) is 2.08. The third kappa shape index (κ3) is 4.93. The Balaban J connectivity index is 1.48. The van der Waals surface area contributed by atoms with E-state index in [0.29, 0.717) is 18.3 Å². The van der Waals surface area contributed by atoms with Gasteiger partial charge in [0.1, 0.15) is 5.69 Å². The lowest BCUT2D eigenvalue weighted by molar-refractivity contribution is 0.0933. The zero-order valence-corrected chi connectivity index (χ0v) is 15.7. The highest BCUT2D eigenvalue weighted by atomic mass is 16.1. The Morgan fingerprint density at radius 1 is 1.38 bits per heavy atom. The van der Waals surface area contributed by atoms with Gasteiger partial charge in [0.2, 0.25) is 0 Å². The van der Waals surface area contributed by atoms with E-state index in [1.807, 2.05) is 35.1 Å². The van der Waals surface area contributed by atoms with Crippen molar-refractivity contribution in [1.29, 1.82) is 0 Å². The van der Waals surface area contributed by atoms with Crippen molar-refractivity contribution >= 4 is 5.91 Å². The van der Waals surface area contributed by atoms with Crippen LogP contribution in [0.2, 0.25) is 0 Å². The molecule has 0 radical (unpaired) electrons. The van der Waals surface area contributed by atoms with Crippen molar-refractivity contribution in [2.75, 3.05) is 26.7 Å². The van der Waals surface area contributed by atoms with Crippen LogP contribution in [0.5, 0.6) is 0 Å². The summed E-state index contributed by atoms with van der Waals surface area (Å²) in [6, 6.07) is 12.8. The second-order valence-corrected chi connectivity index (χ2v) is 7.14. The third-order valence-electron chi connectivity index (χ3n) is 5.07. The first-order chi connectivity index (χ1) is 12.6. The average Bonchev–Trinajstić information content (AvgIpc) is 3.17. The van der Waals surface area contributed by atoms with Crippen molar-refractivity contribution in [3.8, 4) is 0 Å². The van der Waals surface area contributed by atoms with Gasteiger partial charge in [-0.2, -0.15) is 5.10 Å². The van der Waals surface area contributed by atoms with E-state index in [9.17, 15) is 4.79 Å². The molecule has 0 spiro atoms. The number of piperidine rings is 1. The van der Waals surface area contributed by atoms with Crippen LogP contribution in [-0.2, 0) is 6.54 Å². The summed E-state index contributed by atoms with van der Waals surface area (Å²) in [6.07, 6.45) is 4.17. The molecular weight excluding hydrogens is 326 g/mol. The first-order valence-corrected chi connectivity index (χ1v) is 9.41. The molecule has 3 rings (SSSR count). The van der Waals surface area contributed by atoms with Gasteiger partial charge in [-0.25, -0.2) is 0 Å². The molecule has 1 saturated heterocycles. The van der Waals surface area contributed by atoms with Crippen molar-refractivity contribution in [3.63, 3.8) is 0 Å². The summed E-state index contributed by atoms with van der Waals surface area (Å²) in [4.78, 5) is 14.6. The maximum atomic E-state index is 12.4. The highest BCUT2D eigenvalue weighted by Gasteiger charge is 2.18. The second kappa shape index (κ2) is 8.96. The fourth-order valence-electron chi connectivity index (χ4n) is 3.24. The molecule has 0 bridgehead atoms. The van der Waals surface area contributed by atoms with E-state index >= 15 is 0 Å². The van der Waals surface area contributed by atoms with Crippen LogP contribution >= 0.6 is 0 Å². The summed E-state index contributed by atoms with van der Waals surface area (Å²) in [6.45, 7) is 5.57. The zero-order chi connectivity index (χ0) is 18.4. The maximum absolute atomic E-state index is 12.4. The van der Waals surface area contributed by atoms with Crippen LogP contribution in [0.4, 0.5) is 0 Å². The number of rotatable bonds is 7. The van der Waals surface area contributed by atoms with Crippen LogP contribution in [0, 0.1) is 0 Å². The zero-order valence-electron chi connectivity index (χ0n) is 15.7. The molecule has 1 aromatic heterocycles. The number of nitrogens with one attached hydrogen (secondary N) is 2. The number of carbonyl (C=O) groups is 1. The lowest BCUT2D eigenvalue weighted by Crippen LogP contribution is -2.40. The largest absolute Gasteiger partial charge is 0.349 e. The molecule has 2 N–H and O–H groups in total. The minimum Gasteiger partial charge on any atom is -0.349 e. The number of hydrogen-bond acceptors (Lipinski definition) is 4. The van der Waals surface area contributed by atoms with Crippen molar-refractivity contribution in [3.05, 3.63) is 53.9 Å². The number of hydrogen-bond donors (Lipinski definition) is 2. The second-order valence-electron chi connectivity index (χ2n) is 7.14. The Labute approximate surface area is 155 Å². The summed E-state index contributed by atoms with van der Waals surface area (Å²) in [5, 5.41) is 10.9. The Morgan fingerprint density at radius 2 is 2.19 bits per heavy atom. The molecule has 2 heterocycles. The molecular formula is C20H29N5O. The standard InChI is InChI=1S/C20H29N5O/c1-16(24(2)15-17-7-4-3-5-8-17)13-22-20(26)19-10-12-25(23-19)18-9-6-11-21-14-18/h3-5,7-8,10,12,16,18,21H,6,9,11,13-15H2,1-2H3,(H,22,26). The van der Waals surface area contributed by atoms with E-state index in [-0.39, 0.29) is 11.9 Å². The minimum absolute atomic E-state index is 0.104. The fraction of sp³-hybridized carbons (Fsp3) is 0.500. The molecule has 140 valence electrons. The number of nitrogens with zero attached hydrogens (tertiary/aromatic N) is 3. The Morgan fingerprint density at radius 3 is 2.92 bits per heavy atom. The molecule has 6 nitrogen and oxygen atoms in total. The molecule has 1 fully saturated rings. The number of aromatic nitrogens is 2. The van der Waals surface area contributed by atoms with Crippen LogP contribution in [0.1, 0.15) is 41.9 Å². The van der Waals surface area contributed by atoms with E-state index in [4.69, 9.17) is 0 Å². The molecule has 0 aliphatic carbocycles. The van der Waals surface area contributed by atoms with E-state index < -0.39 is 0 Å². The van der Waals surface area contributed by atoms with Gasteiger partial charge < -0.3 is 10.6 Å². The molecule has 1 aromatic carbocycles. The fourth-order valence-corrected chi connectivity index (χ4v) is 3.24. The number of benzene rings is 1. The molecule has 1 aliphatic rings. The van der Waals surface area contributed by atoms with Gasteiger partial charge in [-0.1, -0.05) is 30.3 Å². The van der Waals surface area contributed by atoms with Gasteiger partial charge in [0.25, 0.3) is 5.91 Å². The van der Waals surface area contributed by atoms with E-state index in [1.54, 1.807) is 0 Å². The van der Waals surface area contributed by atoms with Crippen molar-refractivity contribution in [2.45, 2.75) is 38.4 Å². The maximum Gasteiger partial charge on any atom is 0.271 e. The smallest absolute Gasteiger partial charge is 0.271 e. The summed E-state index contributed by atoms with van der Waals surface area (Å²) >= 11 is 0. The summed E-state index contributed by atoms with van der Waals surface area (Å²) in [5.74, 6) is -0.104. The molecule has 2 unspecified atom stereocenters. The van der Waals surface area contributed by atoms with E-state index in [2.05, 4.69) is 46.7 Å². The normalized spacial score (nSPS) is 18.7. The highest BCUT2D eigenvalue weighted by Crippen LogP contribution is 2.15. The third-order valence-corrected chi connectivity index (χ3v) is 5.07. The van der Waals surface area contributed by atoms with Gasteiger partial charge in [-0.3, -0.25) is 14.4 Å². The quantitative estimate of drug-likeness (QED) is 0.798. The van der Waals surface area contributed by atoms with Crippen molar-refractivity contribution in [2.24, 2.45) is 0 Å². The Bertz CT molecular complexity index is 693. The minimum atomic E-state index is -0.104. The number of amides is 1. The topological polar surface area (TPSA) is 62.2 Å². The lowest BCUT2D eigenvalue weighted by atomic mass is 10.1. The number of carbonyl (C=O) groups excluding carboxylic acids is 1. The van der Waals surface area contributed by atoms with Crippen LogP contribution < -0.4 is 10.6 Å². The molecule has 1 aliphatic heterocycles. The molecule has 2 aromatic rings. The van der Waals surface area contributed by atoms with Gasteiger partial charge in [0, 0.05) is 31.9 Å². The van der Waals surface area contributed by atoms with E-state index in [0.717, 1.165) is 32.5 Å². The van der Waals surface area contributed by atoms with Gasteiger partial charge in [-0.15, -0.1) is 0 Å². The average molecular weight is 355 g/mol. The van der Waals surface area contributed by atoms with Gasteiger partial charge in [0.05, 0.1) is 6.04 Å². The van der Waals surface area contributed by atoms with Gasteiger partial charge in [0.15, 0.2) is 0 Å². The first kappa shape index (κ1) is 18.6. The van der Waals surface area contributed by atoms with Crippen LogP contribution in [0.25, 0.3) is 0 Å². The SMILES string of the molecule is CC(CNC(=O)c1ccn(C2CCCNC2)n1)N(C)Cc1ccccc1. The van der Waals surface area contributed by atoms with Crippen molar-refractivity contribution < 1.29 is 4.79 Å². The highest BCUT2D eigenvalue weighted by molar-refractivity contribution is 5.92. The van der Waals surface area contributed by atoms with Gasteiger partial charge in [-0.05, 0) is 45.0 Å². The predicted octanol–water partition coefficient (Wildman–Crippen LogP) is 2.06. The lowest BCUT2D eigenvalue weighted by Gasteiger charge is -2.25. The molecule has 1 amide bonds. The Hall–Kier alpha value is -2.18. The Kier molecular flexibility index (Phi) is 6.41.